The molecule has 0 bridgehead atoms. The lowest BCUT2D eigenvalue weighted by Crippen LogP contribution is -2.12. The average molecular weight is 276 g/mol. The number of benzene rings is 1. The molecule has 1 aromatic carbocycles. The third kappa shape index (κ3) is 6.04. The molecule has 3 N–H and O–H groups in total. The lowest BCUT2D eigenvalue weighted by Gasteiger charge is -2.06. The highest BCUT2D eigenvalue weighted by Gasteiger charge is 2.04. The Morgan fingerprint density at radius 3 is 2.75 bits per heavy atom. The number of nitrogens with two attached hydrogens (primary N) is 1. The molecular formula is C15H20N2O3. The zero-order chi connectivity index (χ0) is 15.0. The summed E-state index contributed by atoms with van der Waals surface area (Å²) in [5.41, 5.74) is 7.29. The van der Waals surface area contributed by atoms with Crippen molar-refractivity contribution in [3.05, 3.63) is 36.4 Å². The topological polar surface area (TPSA) is 81.4 Å². The first-order chi connectivity index (χ1) is 9.49. The Morgan fingerprint density at radius 1 is 1.35 bits per heavy atom. The van der Waals surface area contributed by atoms with Crippen molar-refractivity contribution in [1.29, 1.82) is 0 Å². The third-order valence-electron chi connectivity index (χ3n) is 2.55. The summed E-state index contributed by atoms with van der Waals surface area (Å²) in [7, 11) is 0. The molecule has 0 saturated carbocycles. The van der Waals surface area contributed by atoms with E-state index in [2.05, 4.69) is 11.9 Å². The number of rotatable bonds is 7. The molecule has 0 saturated heterocycles. The van der Waals surface area contributed by atoms with Gasteiger partial charge >= 0.3 is 5.97 Å². The van der Waals surface area contributed by atoms with E-state index in [0.29, 0.717) is 42.8 Å². The van der Waals surface area contributed by atoms with Gasteiger partial charge in [0, 0.05) is 23.4 Å². The molecule has 0 unspecified atom stereocenters. The van der Waals surface area contributed by atoms with E-state index in [1.165, 1.54) is 0 Å². The highest BCUT2D eigenvalue weighted by Crippen LogP contribution is 2.12. The van der Waals surface area contributed by atoms with Gasteiger partial charge in [-0.05, 0) is 38.0 Å². The SMILES string of the molecule is C=C(C)C(=O)OCCCCC(=O)Nc1cccc(N)c1. The fraction of sp³-hybridized carbons (Fsp3) is 0.333. The number of unbranched alkanes of at least 4 members (excludes halogenated alkanes) is 1. The van der Waals surface area contributed by atoms with E-state index in [9.17, 15) is 9.59 Å². The summed E-state index contributed by atoms with van der Waals surface area (Å²) in [4.78, 5) is 22.8. The number of carbonyl (C=O) groups excluding carboxylic acids is 2. The maximum absolute atomic E-state index is 11.7. The van der Waals surface area contributed by atoms with E-state index in [0.717, 1.165) is 0 Å². The lowest BCUT2D eigenvalue weighted by atomic mass is 10.2. The van der Waals surface area contributed by atoms with E-state index >= 15 is 0 Å². The normalized spacial score (nSPS) is 9.85. The summed E-state index contributed by atoms with van der Waals surface area (Å²) >= 11 is 0. The monoisotopic (exact) mass is 276 g/mol. The van der Waals surface area contributed by atoms with Crippen molar-refractivity contribution >= 4 is 23.3 Å². The molecule has 1 amide bonds. The van der Waals surface area contributed by atoms with Crippen LogP contribution in [0.2, 0.25) is 0 Å². The Balaban J connectivity index is 2.18. The molecule has 0 fully saturated rings. The number of nitrogen functional groups attached to an aromatic ring is 1. The van der Waals surface area contributed by atoms with E-state index in [1.807, 2.05) is 0 Å². The predicted octanol–water partition coefficient (Wildman–Crippen LogP) is 2.50. The lowest BCUT2D eigenvalue weighted by molar-refractivity contribution is -0.139. The Bertz CT molecular complexity index is 498. The maximum Gasteiger partial charge on any atom is 0.333 e. The molecule has 20 heavy (non-hydrogen) atoms. The van der Waals surface area contributed by atoms with Crippen molar-refractivity contribution in [2.24, 2.45) is 0 Å². The molecule has 0 spiro atoms. The van der Waals surface area contributed by atoms with Gasteiger partial charge < -0.3 is 15.8 Å². The van der Waals surface area contributed by atoms with E-state index in [1.54, 1.807) is 31.2 Å². The van der Waals surface area contributed by atoms with Crippen molar-refractivity contribution in [2.45, 2.75) is 26.2 Å². The van der Waals surface area contributed by atoms with Gasteiger partial charge in [0.2, 0.25) is 5.91 Å². The molecule has 0 heterocycles. The van der Waals surface area contributed by atoms with E-state index in [-0.39, 0.29) is 5.91 Å². The van der Waals surface area contributed by atoms with Gasteiger partial charge in [0.25, 0.3) is 0 Å². The molecule has 1 rings (SSSR count). The Morgan fingerprint density at radius 2 is 2.10 bits per heavy atom. The molecule has 0 radical (unpaired) electrons. The van der Waals surface area contributed by atoms with Crippen LogP contribution in [0.4, 0.5) is 11.4 Å². The number of ether oxygens (including phenoxy) is 1. The largest absolute Gasteiger partial charge is 0.462 e. The van der Waals surface area contributed by atoms with Crippen LogP contribution >= 0.6 is 0 Å². The van der Waals surface area contributed by atoms with Crippen molar-refractivity contribution < 1.29 is 14.3 Å². The molecule has 0 aliphatic heterocycles. The van der Waals surface area contributed by atoms with Crippen molar-refractivity contribution in [3.8, 4) is 0 Å². The Kier molecular flexibility index (Phi) is 6.29. The van der Waals surface area contributed by atoms with Gasteiger partial charge in [-0.25, -0.2) is 4.79 Å². The Hall–Kier alpha value is -2.30. The maximum atomic E-state index is 11.7. The number of amides is 1. The van der Waals surface area contributed by atoms with Crippen LogP contribution in [0.15, 0.2) is 36.4 Å². The molecule has 0 aliphatic carbocycles. The number of carbonyl (C=O) groups is 2. The number of hydrogen-bond acceptors (Lipinski definition) is 4. The number of anilines is 2. The van der Waals surface area contributed by atoms with Gasteiger partial charge in [0.1, 0.15) is 0 Å². The average Bonchev–Trinajstić information content (AvgIpc) is 2.37. The molecule has 1 aromatic rings. The van der Waals surface area contributed by atoms with E-state index in [4.69, 9.17) is 10.5 Å². The summed E-state index contributed by atoms with van der Waals surface area (Å²) in [5.74, 6) is -0.476. The first-order valence-electron chi connectivity index (χ1n) is 6.47. The van der Waals surface area contributed by atoms with Crippen LogP contribution in [0.1, 0.15) is 26.2 Å². The molecule has 0 aromatic heterocycles. The first kappa shape index (κ1) is 15.8. The zero-order valence-electron chi connectivity index (χ0n) is 11.6. The van der Waals surface area contributed by atoms with Crippen LogP contribution in [-0.2, 0) is 14.3 Å². The van der Waals surface area contributed by atoms with Gasteiger partial charge in [-0.1, -0.05) is 12.6 Å². The van der Waals surface area contributed by atoms with E-state index < -0.39 is 5.97 Å². The minimum absolute atomic E-state index is 0.0816. The van der Waals surface area contributed by atoms with Crippen molar-refractivity contribution in [2.75, 3.05) is 17.7 Å². The smallest absolute Gasteiger partial charge is 0.333 e. The fourth-order valence-corrected chi connectivity index (χ4v) is 1.52. The quantitative estimate of drug-likeness (QED) is 0.347. The number of esters is 1. The minimum atomic E-state index is -0.394. The van der Waals surface area contributed by atoms with Crippen LogP contribution < -0.4 is 11.1 Å². The Labute approximate surface area is 118 Å². The molecule has 0 aliphatic rings. The highest BCUT2D eigenvalue weighted by molar-refractivity contribution is 5.91. The second kappa shape index (κ2) is 7.99. The second-order valence-electron chi connectivity index (χ2n) is 4.55. The van der Waals surface area contributed by atoms with Crippen molar-refractivity contribution in [3.63, 3.8) is 0 Å². The van der Waals surface area contributed by atoms with Gasteiger partial charge in [-0.15, -0.1) is 0 Å². The number of hydrogen-bond donors (Lipinski definition) is 2. The second-order valence-corrected chi connectivity index (χ2v) is 4.55. The molecule has 0 atom stereocenters. The standard InChI is InChI=1S/C15H20N2O3/c1-11(2)15(19)20-9-4-3-8-14(18)17-13-7-5-6-12(16)10-13/h5-7,10H,1,3-4,8-9,16H2,2H3,(H,17,18). The minimum Gasteiger partial charge on any atom is -0.462 e. The van der Waals surface area contributed by atoms with Crippen LogP contribution in [0, 0.1) is 0 Å². The summed E-state index contributed by atoms with van der Waals surface area (Å²) in [5, 5.41) is 2.76. The molecule has 5 nitrogen and oxygen atoms in total. The third-order valence-corrected chi connectivity index (χ3v) is 2.55. The molecule has 5 heteroatoms. The van der Waals surface area contributed by atoms with Crippen LogP contribution in [0.5, 0.6) is 0 Å². The molecule has 108 valence electrons. The van der Waals surface area contributed by atoms with Crippen LogP contribution in [0.25, 0.3) is 0 Å². The predicted molar refractivity (Wildman–Crippen MR) is 79.1 cm³/mol. The summed E-state index contributed by atoms with van der Waals surface area (Å²) in [6.45, 7) is 5.39. The fourth-order valence-electron chi connectivity index (χ4n) is 1.52. The van der Waals surface area contributed by atoms with Crippen LogP contribution in [0.3, 0.4) is 0 Å². The van der Waals surface area contributed by atoms with Crippen molar-refractivity contribution in [1.82, 2.24) is 0 Å². The first-order valence-corrected chi connectivity index (χ1v) is 6.47. The van der Waals surface area contributed by atoms with Gasteiger partial charge in [-0.3, -0.25) is 4.79 Å². The van der Waals surface area contributed by atoms with Gasteiger partial charge in [-0.2, -0.15) is 0 Å². The summed E-state index contributed by atoms with van der Waals surface area (Å²) in [6.07, 6.45) is 1.67. The van der Waals surface area contributed by atoms with Crippen LogP contribution in [-0.4, -0.2) is 18.5 Å². The van der Waals surface area contributed by atoms with Gasteiger partial charge in [0.05, 0.1) is 6.61 Å². The molecular weight excluding hydrogens is 256 g/mol. The summed E-state index contributed by atoms with van der Waals surface area (Å²) < 4.78 is 4.93. The zero-order valence-corrected chi connectivity index (χ0v) is 11.6. The highest BCUT2D eigenvalue weighted by atomic mass is 16.5. The van der Waals surface area contributed by atoms with Gasteiger partial charge in [0.15, 0.2) is 0 Å². The number of nitrogens with one attached hydrogen (secondary N) is 1. The summed E-state index contributed by atoms with van der Waals surface area (Å²) in [6, 6.07) is 7.02.